The zero-order valence-electron chi connectivity index (χ0n) is 15.7. The Morgan fingerprint density at radius 2 is 1.83 bits per heavy atom. The molecule has 1 N–H and O–H groups in total. The molecule has 1 heterocycles. The molecule has 1 saturated heterocycles. The number of amides is 2. The van der Waals surface area contributed by atoms with Crippen molar-refractivity contribution in [1.29, 1.82) is 0 Å². The Bertz CT molecular complexity index is 1030. The summed E-state index contributed by atoms with van der Waals surface area (Å²) in [6, 6.07) is 9.45. The second kappa shape index (κ2) is 8.74. The van der Waals surface area contributed by atoms with Gasteiger partial charge in [-0.05, 0) is 59.7 Å². The third kappa shape index (κ3) is 5.10. The third-order valence-electron chi connectivity index (χ3n) is 4.39. The lowest BCUT2D eigenvalue weighted by atomic mass is 9.99. The normalized spacial score (nSPS) is 15.4. The number of ketones is 1. The predicted octanol–water partition coefficient (Wildman–Crippen LogP) is 4.85. The van der Waals surface area contributed by atoms with Crippen molar-refractivity contribution < 1.29 is 32.3 Å². The molecule has 3 rings (SSSR count). The van der Waals surface area contributed by atoms with E-state index in [2.05, 4.69) is 5.32 Å². The standard InChI is InChI=1S/C21H16F3NO4S/c1-29-17-9-5-13(11-18-19(27)25-20(28)30-18)10-15(17)16(26)8-4-12-2-6-14(7-3-12)21(22,23)24/h2-3,5-7,9-11H,4,8H2,1H3,(H,25,27,28). The van der Waals surface area contributed by atoms with Crippen molar-refractivity contribution >= 4 is 34.8 Å². The van der Waals surface area contributed by atoms with E-state index in [0.717, 1.165) is 23.9 Å². The first-order valence-electron chi connectivity index (χ1n) is 8.79. The van der Waals surface area contributed by atoms with Crippen molar-refractivity contribution in [2.45, 2.75) is 19.0 Å². The number of thioether (sulfide) groups is 1. The van der Waals surface area contributed by atoms with Crippen LogP contribution in [0.1, 0.15) is 33.5 Å². The van der Waals surface area contributed by atoms with Crippen LogP contribution in [0.5, 0.6) is 5.75 Å². The molecule has 0 unspecified atom stereocenters. The van der Waals surface area contributed by atoms with E-state index in [-0.39, 0.29) is 29.1 Å². The van der Waals surface area contributed by atoms with Gasteiger partial charge in [0.25, 0.3) is 11.1 Å². The van der Waals surface area contributed by atoms with Gasteiger partial charge in [-0.15, -0.1) is 0 Å². The molecule has 2 amide bonds. The monoisotopic (exact) mass is 435 g/mol. The van der Waals surface area contributed by atoms with Gasteiger partial charge in [0.05, 0.1) is 23.1 Å². The smallest absolute Gasteiger partial charge is 0.416 e. The molecular formula is C21H16F3NO4S. The number of hydrogen-bond acceptors (Lipinski definition) is 5. The topological polar surface area (TPSA) is 72.5 Å². The quantitative estimate of drug-likeness (QED) is 0.519. The van der Waals surface area contributed by atoms with Crippen LogP contribution in [0.25, 0.3) is 6.08 Å². The molecule has 2 aromatic rings. The molecule has 5 nitrogen and oxygen atoms in total. The maximum absolute atomic E-state index is 12.7. The van der Waals surface area contributed by atoms with Gasteiger partial charge in [-0.2, -0.15) is 13.2 Å². The number of carbonyl (C=O) groups is 3. The summed E-state index contributed by atoms with van der Waals surface area (Å²) < 4.78 is 43.2. The highest BCUT2D eigenvalue weighted by Crippen LogP contribution is 2.30. The lowest BCUT2D eigenvalue weighted by Crippen LogP contribution is -2.17. The fourth-order valence-electron chi connectivity index (χ4n) is 2.86. The van der Waals surface area contributed by atoms with Crippen LogP contribution in [-0.2, 0) is 17.4 Å². The number of Topliss-reactive ketones (excluding diaryl/α,β-unsaturated/α-hetero) is 1. The van der Waals surface area contributed by atoms with Crippen molar-refractivity contribution in [2.75, 3.05) is 7.11 Å². The maximum Gasteiger partial charge on any atom is 0.416 e. The fourth-order valence-corrected chi connectivity index (χ4v) is 3.54. The van der Waals surface area contributed by atoms with Gasteiger partial charge in [0, 0.05) is 6.42 Å². The Kier molecular flexibility index (Phi) is 6.31. The first kappa shape index (κ1) is 21.6. The van der Waals surface area contributed by atoms with E-state index in [1.165, 1.54) is 25.3 Å². The van der Waals surface area contributed by atoms with Crippen molar-refractivity contribution in [1.82, 2.24) is 5.32 Å². The lowest BCUT2D eigenvalue weighted by molar-refractivity contribution is -0.137. The Labute approximate surface area is 174 Å². The molecule has 1 fully saturated rings. The Balaban J connectivity index is 1.75. The molecule has 0 saturated carbocycles. The molecule has 0 atom stereocenters. The van der Waals surface area contributed by atoms with Crippen LogP contribution in [-0.4, -0.2) is 24.0 Å². The Morgan fingerprint density at radius 3 is 2.40 bits per heavy atom. The summed E-state index contributed by atoms with van der Waals surface area (Å²) in [5.74, 6) is -0.420. The lowest BCUT2D eigenvalue weighted by Gasteiger charge is -2.10. The highest BCUT2D eigenvalue weighted by atomic mass is 32.2. The van der Waals surface area contributed by atoms with Crippen LogP contribution < -0.4 is 10.1 Å². The number of aryl methyl sites for hydroxylation is 1. The summed E-state index contributed by atoms with van der Waals surface area (Å²) in [4.78, 5) is 35.9. The molecule has 9 heteroatoms. The third-order valence-corrected chi connectivity index (χ3v) is 5.20. The number of methoxy groups -OCH3 is 1. The molecule has 30 heavy (non-hydrogen) atoms. The number of hydrogen-bond donors (Lipinski definition) is 1. The van der Waals surface area contributed by atoms with Gasteiger partial charge in [-0.1, -0.05) is 18.2 Å². The molecular weight excluding hydrogens is 419 g/mol. The first-order chi connectivity index (χ1) is 14.2. The average Bonchev–Trinajstić information content (AvgIpc) is 3.02. The van der Waals surface area contributed by atoms with Gasteiger partial charge in [-0.25, -0.2) is 0 Å². The van der Waals surface area contributed by atoms with Crippen LogP contribution in [0.4, 0.5) is 18.0 Å². The summed E-state index contributed by atoms with van der Waals surface area (Å²) >= 11 is 0.768. The largest absolute Gasteiger partial charge is 0.496 e. The molecule has 156 valence electrons. The van der Waals surface area contributed by atoms with Crippen LogP contribution >= 0.6 is 11.8 Å². The molecule has 0 bridgehead atoms. The summed E-state index contributed by atoms with van der Waals surface area (Å²) in [5, 5.41) is 1.69. The number of nitrogens with one attached hydrogen (secondary N) is 1. The van der Waals surface area contributed by atoms with E-state index in [9.17, 15) is 27.6 Å². The number of carbonyl (C=O) groups excluding carboxylic acids is 3. The van der Waals surface area contributed by atoms with E-state index >= 15 is 0 Å². The predicted molar refractivity (Wildman–Crippen MR) is 106 cm³/mol. The fraction of sp³-hybridized carbons (Fsp3) is 0.190. The summed E-state index contributed by atoms with van der Waals surface area (Å²) in [7, 11) is 1.42. The minimum atomic E-state index is -4.41. The van der Waals surface area contributed by atoms with Crippen molar-refractivity contribution in [3.8, 4) is 5.75 Å². The Morgan fingerprint density at radius 1 is 1.13 bits per heavy atom. The second-order valence-electron chi connectivity index (χ2n) is 6.43. The summed E-state index contributed by atoms with van der Waals surface area (Å²) in [5.41, 5.74) is 0.688. The molecule has 2 aromatic carbocycles. The maximum atomic E-state index is 12.7. The highest BCUT2D eigenvalue weighted by Gasteiger charge is 2.30. The minimum absolute atomic E-state index is 0.0650. The average molecular weight is 435 g/mol. The van der Waals surface area contributed by atoms with E-state index in [1.54, 1.807) is 18.2 Å². The highest BCUT2D eigenvalue weighted by molar-refractivity contribution is 8.18. The minimum Gasteiger partial charge on any atom is -0.496 e. The van der Waals surface area contributed by atoms with E-state index < -0.39 is 22.9 Å². The van der Waals surface area contributed by atoms with Crippen molar-refractivity contribution in [2.24, 2.45) is 0 Å². The molecule has 1 aliphatic heterocycles. The van der Waals surface area contributed by atoms with Crippen LogP contribution in [0.15, 0.2) is 47.4 Å². The van der Waals surface area contributed by atoms with E-state index in [0.29, 0.717) is 16.9 Å². The molecule has 0 aliphatic carbocycles. The first-order valence-corrected chi connectivity index (χ1v) is 9.61. The second-order valence-corrected chi connectivity index (χ2v) is 7.44. The number of ether oxygens (including phenoxy) is 1. The van der Waals surface area contributed by atoms with E-state index in [4.69, 9.17) is 4.74 Å². The SMILES string of the molecule is COc1ccc(C=C2SC(=O)NC2=O)cc1C(=O)CCc1ccc(C(F)(F)F)cc1. The zero-order valence-corrected chi connectivity index (χ0v) is 16.5. The molecule has 0 spiro atoms. The number of benzene rings is 2. The zero-order chi connectivity index (χ0) is 21.9. The van der Waals surface area contributed by atoms with Gasteiger partial charge in [-0.3, -0.25) is 19.7 Å². The van der Waals surface area contributed by atoms with Gasteiger partial charge < -0.3 is 4.74 Å². The van der Waals surface area contributed by atoms with Crippen LogP contribution in [0, 0.1) is 0 Å². The molecule has 0 radical (unpaired) electrons. The Hall–Kier alpha value is -3.07. The number of rotatable bonds is 6. The van der Waals surface area contributed by atoms with Gasteiger partial charge in [0.15, 0.2) is 5.78 Å². The van der Waals surface area contributed by atoms with Crippen molar-refractivity contribution in [3.63, 3.8) is 0 Å². The molecule has 0 aromatic heterocycles. The van der Waals surface area contributed by atoms with Gasteiger partial charge in [0.2, 0.25) is 0 Å². The number of halogens is 3. The van der Waals surface area contributed by atoms with Gasteiger partial charge >= 0.3 is 6.18 Å². The number of alkyl halides is 3. The van der Waals surface area contributed by atoms with Gasteiger partial charge in [0.1, 0.15) is 5.75 Å². The number of imide groups is 1. The van der Waals surface area contributed by atoms with E-state index in [1.807, 2.05) is 0 Å². The summed E-state index contributed by atoms with van der Waals surface area (Å²) in [6.07, 6.45) is -2.58. The van der Waals surface area contributed by atoms with Crippen molar-refractivity contribution in [3.05, 3.63) is 69.6 Å². The van der Waals surface area contributed by atoms with Crippen LogP contribution in [0.3, 0.4) is 0 Å². The van der Waals surface area contributed by atoms with Crippen LogP contribution in [0.2, 0.25) is 0 Å². The summed E-state index contributed by atoms with van der Waals surface area (Å²) in [6.45, 7) is 0. The molecule has 1 aliphatic rings.